The van der Waals surface area contributed by atoms with Gasteiger partial charge in [0.15, 0.2) is 0 Å². The summed E-state index contributed by atoms with van der Waals surface area (Å²) in [6.45, 7) is 6.00. The van der Waals surface area contributed by atoms with Crippen LogP contribution < -0.4 is 5.32 Å². The van der Waals surface area contributed by atoms with Crippen LogP contribution in [-0.2, 0) is 0 Å². The van der Waals surface area contributed by atoms with Crippen molar-refractivity contribution in [3.8, 4) is 5.75 Å². The molecule has 4 heteroatoms. The number of hydrogen-bond donors (Lipinski definition) is 2. The molecule has 1 saturated heterocycles. The Morgan fingerprint density at radius 3 is 2.75 bits per heavy atom. The largest absolute Gasteiger partial charge is 0.508 e. The van der Waals surface area contributed by atoms with E-state index in [0.717, 1.165) is 44.6 Å². The lowest BCUT2D eigenvalue weighted by Gasteiger charge is -2.35. The van der Waals surface area contributed by atoms with E-state index in [-0.39, 0.29) is 17.6 Å². The fraction of sp³-hybridized carbons (Fsp3) is 0.625. The highest BCUT2D eigenvalue weighted by atomic mass is 19.1. The van der Waals surface area contributed by atoms with Crippen LogP contribution in [0.3, 0.4) is 0 Å². The van der Waals surface area contributed by atoms with Gasteiger partial charge in [-0.2, -0.15) is 0 Å². The first-order valence-electron chi connectivity index (χ1n) is 7.65. The van der Waals surface area contributed by atoms with Gasteiger partial charge in [-0.15, -0.1) is 0 Å². The number of aromatic hydroxyl groups is 1. The third kappa shape index (κ3) is 3.93. The van der Waals surface area contributed by atoms with Crippen molar-refractivity contribution in [1.29, 1.82) is 0 Å². The molecule has 0 aromatic heterocycles. The standard InChI is InChI=1S/C16H25FN2O/c1-2-3-4-5-15(19-10-8-18-9-11-19)14-12-13(17)6-7-16(14)20/h6-7,12,15,18,20H,2-5,8-11H2,1H3/t15-/m1/s1. The highest BCUT2D eigenvalue weighted by Gasteiger charge is 2.24. The zero-order chi connectivity index (χ0) is 14.4. The van der Waals surface area contributed by atoms with Crippen LogP contribution in [0.25, 0.3) is 0 Å². The molecule has 1 aromatic carbocycles. The summed E-state index contributed by atoms with van der Waals surface area (Å²) < 4.78 is 13.5. The molecule has 1 aromatic rings. The molecule has 0 bridgehead atoms. The average molecular weight is 280 g/mol. The van der Waals surface area contributed by atoms with E-state index in [4.69, 9.17) is 0 Å². The zero-order valence-corrected chi connectivity index (χ0v) is 12.2. The van der Waals surface area contributed by atoms with Crippen LogP contribution in [0, 0.1) is 5.82 Å². The predicted molar refractivity (Wildman–Crippen MR) is 79.4 cm³/mol. The van der Waals surface area contributed by atoms with Crippen molar-refractivity contribution >= 4 is 0 Å². The van der Waals surface area contributed by atoms with Crippen LogP contribution in [0.4, 0.5) is 4.39 Å². The molecule has 0 spiro atoms. The Hall–Kier alpha value is -1.13. The Bertz CT molecular complexity index is 419. The molecule has 1 heterocycles. The summed E-state index contributed by atoms with van der Waals surface area (Å²) in [6, 6.07) is 4.41. The summed E-state index contributed by atoms with van der Waals surface area (Å²) in [5.41, 5.74) is 0.739. The molecular weight excluding hydrogens is 255 g/mol. The average Bonchev–Trinajstić information content (AvgIpc) is 2.48. The normalized spacial score (nSPS) is 18.1. The second-order valence-electron chi connectivity index (χ2n) is 5.50. The molecule has 20 heavy (non-hydrogen) atoms. The molecule has 2 rings (SSSR count). The van der Waals surface area contributed by atoms with E-state index in [1.807, 2.05) is 0 Å². The molecule has 3 nitrogen and oxygen atoms in total. The van der Waals surface area contributed by atoms with E-state index < -0.39 is 0 Å². The van der Waals surface area contributed by atoms with Crippen LogP contribution in [-0.4, -0.2) is 36.2 Å². The fourth-order valence-electron chi connectivity index (χ4n) is 2.91. The lowest BCUT2D eigenvalue weighted by Crippen LogP contribution is -2.45. The van der Waals surface area contributed by atoms with Crippen molar-refractivity contribution < 1.29 is 9.50 Å². The molecule has 1 atom stereocenters. The van der Waals surface area contributed by atoms with Crippen molar-refractivity contribution in [2.75, 3.05) is 26.2 Å². The van der Waals surface area contributed by atoms with Gasteiger partial charge in [0.05, 0.1) is 0 Å². The molecule has 0 amide bonds. The van der Waals surface area contributed by atoms with Crippen molar-refractivity contribution in [1.82, 2.24) is 10.2 Å². The molecule has 112 valence electrons. The van der Waals surface area contributed by atoms with Crippen LogP contribution in [0.5, 0.6) is 5.75 Å². The molecule has 2 N–H and O–H groups in total. The SMILES string of the molecule is CCCCC[C@H](c1cc(F)ccc1O)N1CCNCC1. The van der Waals surface area contributed by atoms with Crippen molar-refractivity contribution in [2.24, 2.45) is 0 Å². The minimum atomic E-state index is -0.270. The van der Waals surface area contributed by atoms with Crippen LogP contribution >= 0.6 is 0 Å². The van der Waals surface area contributed by atoms with Crippen LogP contribution in [0.2, 0.25) is 0 Å². The number of hydrogen-bond acceptors (Lipinski definition) is 3. The number of phenolic OH excluding ortho intramolecular Hbond substituents is 1. The maximum Gasteiger partial charge on any atom is 0.123 e. The zero-order valence-electron chi connectivity index (χ0n) is 12.2. The first-order valence-corrected chi connectivity index (χ1v) is 7.65. The third-order valence-corrected chi connectivity index (χ3v) is 4.02. The Kier molecular flexibility index (Phi) is 5.80. The summed E-state index contributed by atoms with van der Waals surface area (Å²) in [5, 5.41) is 13.4. The molecule has 0 unspecified atom stereocenters. The highest BCUT2D eigenvalue weighted by molar-refractivity contribution is 5.35. The van der Waals surface area contributed by atoms with Crippen molar-refractivity contribution in [2.45, 2.75) is 38.6 Å². The number of rotatable bonds is 6. The molecule has 1 aliphatic rings. The van der Waals surface area contributed by atoms with Gasteiger partial charge in [-0.1, -0.05) is 26.2 Å². The Morgan fingerprint density at radius 1 is 1.30 bits per heavy atom. The second-order valence-corrected chi connectivity index (χ2v) is 5.50. The molecule has 0 radical (unpaired) electrons. The third-order valence-electron chi connectivity index (χ3n) is 4.02. The first kappa shape index (κ1) is 15.3. The maximum atomic E-state index is 13.5. The lowest BCUT2D eigenvalue weighted by molar-refractivity contribution is 0.160. The lowest BCUT2D eigenvalue weighted by atomic mass is 9.97. The smallest absolute Gasteiger partial charge is 0.123 e. The number of piperazine rings is 1. The number of nitrogens with one attached hydrogen (secondary N) is 1. The maximum absolute atomic E-state index is 13.5. The topological polar surface area (TPSA) is 35.5 Å². The molecular formula is C16H25FN2O. The summed E-state index contributed by atoms with van der Waals surface area (Å²) in [5.74, 6) is -0.0557. The minimum absolute atomic E-state index is 0.124. The molecule has 1 aliphatic heterocycles. The highest BCUT2D eigenvalue weighted by Crippen LogP contribution is 2.33. The quantitative estimate of drug-likeness (QED) is 0.786. The molecule has 0 saturated carbocycles. The van der Waals surface area contributed by atoms with E-state index in [9.17, 15) is 9.50 Å². The van der Waals surface area contributed by atoms with Crippen molar-refractivity contribution in [3.63, 3.8) is 0 Å². The van der Waals surface area contributed by atoms with E-state index in [0.29, 0.717) is 0 Å². The van der Waals surface area contributed by atoms with Crippen LogP contribution in [0.15, 0.2) is 18.2 Å². The molecule has 1 fully saturated rings. The van der Waals surface area contributed by atoms with Gasteiger partial charge in [-0.3, -0.25) is 4.90 Å². The van der Waals surface area contributed by atoms with Gasteiger partial charge in [0.25, 0.3) is 0 Å². The van der Waals surface area contributed by atoms with E-state index in [1.54, 1.807) is 0 Å². The number of phenols is 1. The number of unbranched alkanes of at least 4 members (excludes halogenated alkanes) is 2. The predicted octanol–water partition coefficient (Wildman–Crippen LogP) is 3.06. The van der Waals surface area contributed by atoms with Gasteiger partial charge in [0.2, 0.25) is 0 Å². The second kappa shape index (κ2) is 7.60. The van der Waals surface area contributed by atoms with E-state index >= 15 is 0 Å². The van der Waals surface area contributed by atoms with Gasteiger partial charge in [0.1, 0.15) is 11.6 Å². The van der Waals surface area contributed by atoms with Gasteiger partial charge in [0, 0.05) is 37.8 Å². The Morgan fingerprint density at radius 2 is 2.05 bits per heavy atom. The fourth-order valence-corrected chi connectivity index (χ4v) is 2.91. The summed E-state index contributed by atoms with van der Waals surface area (Å²) in [4.78, 5) is 2.36. The monoisotopic (exact) mass is 280 g/mol. The van der Waals surface area contributed by atoms with Gasteiger partial charge in [-0.25, -0.2) is 4.39 Å². The Labute approximate surface area is 120 Å². The summed E-state index contributed by atoms with van der Waals surface area (Å²) >= 11 is 0. The van der Waals surface area contributed by atoms with Gasteiger partial charge in [-0.05, 0) is 24.6 Å². The summed E-state index contributed by atoms with van der Waals surface area (Å²) in [6.07, 6.45) is 4.44. The Balaban J connectivity index is 2.17. The van der Waals surface area contributed by atoms with Gasteiger partial charge >= 0.3 is 0 Å². The molecule has 0 aliphatic carbocycles. The van der Waals surface area contributed by atoms with E-state index in [1.165, 1.54) is 31.0 Å². The first-order chi connectivity index (χ1) is 9.72. The summed E-state index contributed by atoms with van der Waals surface area (Å²) in [7, 11) is 0. The number of halogens is 1. The number of benzene rings is 1. The minimum Gasteiger partial charge on any atom is -0.508 e. The van der Waals surface area contributed by atoms with Gasteiger partial charge < -0.3 is 10.4 Å². The van der Waals surface area contributed by atoms with E-state index in [2.05, 4.69) is 17.1 Å². The van der Waals surface area contributed by atoms with Crippen molar-refractivity contribution in [3.05, 3.63) is 29.6 Å². The van der Waals surface area contributed by atoms with Crippen LogP contribution in [0.1, 0.15) is 44.2 Å². The number of nitrogens with zero attached hydrogens (tertiary/aromatic N) is 1.